The highest BCUT2D eigenvalue weighted by Crippen LogP contribution is 2.20. The summed E-state index contributed by atoms with van der Waals surface area (Å²) in [6.07, 6.45) is 11.4. The molecule has 1 rings (SSSR count). The van der Waals surface area contributed by atoms with Crippen molar-refractivity contribution >= 4 is 5.97 Å². The molecule has 8 N–H and O–H groups in total. The molecule has 1 aliphatic heterocycles. The van der Waals surface area contributed by atoms with Crippen LogP contribution < -0.4 is 0 Å². The molecule has 10 heteroatoms. The fraction of sp³-hybridized carbons (Fsp3) is 0.629. The van der Waals surface area contributed by atoms with E-state index in [1.165, 1.54) is 12.2 Å². The van der Waals surface area contributed by atoms with Crippen molar-refractivity contribution in [2.24, 2.45) is 11.8 Å². The van der Waals surface area contributed by atoms with Crippen LogP contribution in [0.3, 0.4) is 0 Å². The van der Waals surface area contributed by atoms with Crippen LogP contribution in [-0.2, 0) is 9.53 Å². The summed E-state index contributed by atoms with van der Waals surface area (Å²) in [5, 5.41) is 82.4. The van der Waals surface area contributed by atoms with E-state index in [-0.39, 0.29) is 56.8 Å². The zero-order chi connectivity index (χ0) is 33.8. The zero-order valence-electron chi connectivity index (χ0n) is 26.8. The lowest BCUT2D eigenvalue weighted by molar-refractivity contribution is -0.147. The molecule has 0 aliphatic carbocycles. The number of carbonyl (C=O) groups is 1. The Morgan fingerprint density at radius 3 is 1.44 bits per heavy atom. The average Bonchev–Trinajstić information content (AvgIpc) is 2.91. The summed E-state index contributed by atoms with van der Waals surface area (Å²) >= 11 is 0. The van der Waals surface area contributed by atoms with Gasteiger partial charge in [-0.3, -0.25) is 0 Å². The molecule has 256 valence electrons. The van der Waals surface area contributed by atoms with Gasteiger partial charge in [0.25, 0.3) is 0 Å². The fourth-order valence-corrected chi connectivity index (χ4v) is 5.19. The maximum atomic E-state index is 12.4. The van der Waals surface area contributed by atoms with Gasteiger partial charge in [0.15, 0.2) is 0 Å². The van der Waals surface area contributed by atoms with Crippen LogP contribution in [0.25, 0.3) is 0 Å². The van der Waals surface area contributed by atoms with Crippen molar-refractivity contribution in [2.75, 3.05) is 0 Å². The molecule has 0 bridgehead atoms. The van der Waals surface area contributed by atoms with Gasteiger partial charge in [0.2, 0.25) is 0 Å². The van der Waals surface area contributed by atoms with Gasteiger partial charge >= 0.3 is 5.97 Å². The van der Waals surface area contributed by atoms with E-state index < -0.39 is 60.9 Å². The number of cyclic esters (lactones) is 1. The van der Waals surface area contributed by atoms with Crippen LogP contribution in [0, 0.1) is 11.8 Å². The highest BCUT2D eigenvalue weighted by Gasteiger charge is 2.25. The van der Waals surface area contributed by atoms with Gasteiger partial charge in [-0.25, -0.2) is 4.79 Å². The first-order valence-electron chi connectivity index (χ1n) is 15.9. The quantitative estimate of drug-likeness (QED) is 0.157. The second kappa shape index (κ2) is 23.0. The van der Waals surface area contributed by atoms with Crippen LogP contribution in [0.1, 0.15) is 72.1 Å². The summed E-state index contributed by atoms with van der Waals surface area (Å²) < 4.78 is 5.64. The molecule has 0 fully saturated rings. The zero-order valence-corrected chi connectivity index (χ0v) is 26.8. The van der Waals surface area contributed by atoms with Gasteiger partial charge in [0.05, 0.1) is 48.8 Å². The molecule has 0 radical (unpaired) electrons. The van der Waals surface area contributed by atoms with E-state index in [2.05, 4.69) is 0 Å². The predicted molar refractivity (Wildman–Crippen MR) is 174 cm³/mol. The molecular formula is C35H56O10. The number of ether oxygens (including phenoxy) is 1. The summed E-state index contributed by atoms with van der Waals surface area (Å²) in [7, 11) is 0. The third-order valence-corrected chi connectivity index (χ3v) is 7.40. The third-order valence-electron chi connectivity index (χ3n) is 7.40. The highest BCUT2D eigenvalue weighted by molar-refractivity contribution is 5.82. The largest absolute Gasteiger partial charge is 0.458 e. The Hall–Kier alpha value is -2.41. The van der Waals surface area contributed by atoms with E-state index in [9.17, 15) is 45.6 Å². The topological polar surface area (TPSA) is 188 Å². The van der Waals surface area contributed by atoms with E-state index in [4.69, 9.17) is 4.74 Å². The van der Waals surface area contributed by atoms with E-state index >= 15 is 0 Å². The van der Waals surface area contributed by atoms with Gasteiger partial charge in [-0.2, -0.15) is 0 Å². The summed E-state index contributed by atoms with van der Waals surface area (Å²) in [5.74, 6) is -0.714. The Bertz CT molecular complexity index is 985. The minimum absolute atomic E-state index is 0.00472. The van der Waals surface area contributed by atoms with Crippen LogP contribution >= 0.6 is 0 Å². The molecule has 1 heterocycles. The normalized spacial score (nSPS) is 39.3. The SMILES string of the molecule is CC(C)C1OC(=O)/C=C/C=C/C=C/C=C/C=C/C[C@H](O)C[C@H](O)C[C@H](O)CC(O)C[C@H](O)C[C@H](O)C[C@@H](O)C[C@@H](O)/C=C/[C@@H]1C. The minimum Gasteiger partial charge on any atom is -0.458 e. The number of carbonyl (C=O) groups excluding carboxylic acids is 1. The molecule has 0 aromatic heterocycles. The van der Waals surface area contributed by atoms with Crippen molar-refractivity contribution in [3.63, 3.8) is 0 Å². The van der Waals surface area contributed by atoms with E-state index in [1.807, 2.05) is 20.8 Å². The van der Waals surface area contributed by atoms with E-state index in [0.29, 0.717) is 6.42 Å². The molecule has 2 unspecified atom stereocenters. The molecule has 0 aromatic rings. The van der Waals surface area contributed by atoms with Crippen molar-refractivity contribution in [1.29, 1.82) is 0 Å². The Morgan fingerprint density at radius 1 is 0.578 bits per heavy atom. The second-order valence-corrected chi connectivity index (χ2v) is 12.4. The van der Waals surface area contributed by atoms with Crippen molar-refractivity contribution in [3.8, 4) is 0 Å². The first-order chi connectivity index (χ1) is 21.3. The molecule has 0 amide bonds. The number of hydrogen-bond donors (Lipinski definition) is 8. The summed E-state index contributed by atoms with van der Waals surface area (Å²) in [6.45, 7) is 5.72. The first-order valence-corrected chi connectivity index (χ1v) is 15.9. The van der Waals surface area contributed by atoms with E-state index in [0.717, 1.165) is 0 Å². The van der Waals surface area contributed by atoms with Crippen LogP contribution in [0.4, 0.5) is 0 Å². The smallest absolute Gasteiger partial charge is 0.331 e. The van der Waals surface area contributed by atoms with E-state index in [1.54, 1.807) is 60.8 Å². The lowest BCUT2D eigenvalue weighted by Crippen LogP contribution is -2.30. The van der Waals surface area contributed by atoms with Crippen molar-refractivity contribution in [3.05, 3.63) is 72.9 Å². The van der Waals surface area contributed by atoms with Gasteiger partial charge in [-0.05, 0) is 50.9 Å². The lowest BCUT2D eigenvalue weighted by atomic mass is 9.93. The standard InChI is InChI=1S/C35H56O10/c1-24(2)35-25(3)15-16-27(37)18-29(39)20-31(41)22-33(43)23-32(42)21-30(40)19-28(38)17-26(36)13-11-9-7-5-4-6-8-10-12-14-34(44)45-35/h4-12,14-16,24-33,35-43H,13,17-23H2,1-3H3/b6-4+,7-5+,10-8+,11-9+,14-12+,16-15+/t25-,26-,27-,28-,29-,30-,31+,32?,33+,35?/m0/s1. The highest BCUT2D eigenvalue weighted by atomic mass is 16.5. The second-order valence-electron chi connectivity index (χ2n) is 12.4. The van der Waals surface area contributed by atoms with Crippen molar-refractivity contribution in [1.82, 2.24) is 0 Å². The average molecular weight is 637 g/mol. The monoisotopic (exact) mass is 636 g/mol. The van der Waals surface area contributed by atoms with Crippen LogP contribution in [0.2, 0.25) is 0 Å². The molecule has 10 nitrogen and oxygen atoms in total. The molecule has 0 saturated carbocycles. The molecule has 0 saturated heterocycles. The third kappa shape index (κ3) is 20.4. The number of esters is 1. The van der Waals surface area contributed by atoms with Crippen LogP contribution in [0.5, 0.6) is 0 Å². The maximum Gasteiger partial charge on any atom is 0.331 e. The predicted octanol–water partition coefficient (Wildman–Crippen LogP) is 2.55. The molecule has 1 aliphatic rings. The number of allylic oxidation sites excluding steroid dienone is 8. The number of hydrogen-bond acceptors (Lipinski definition) is 10. The van der Waals surface area contributed by atoms with Gasteiger partial charge < -0.3 is 45.6 Å². The lowest BCUT2D eigenvalue weighted by Gasteiger charge is -2.25. The van der Waals surface area contributed by atoms with Crippen molar-refractivity contribution in [2.45, 2.75) is 127 Å². The van der Waals surface area contributed by atoms with Gasteiger partial charge in [0, 0.05) is 18.4 Å². The van der Waals surface area contributed by atoms with Gasteiger partial charge in [-0.1, -0.05) is 87.6 Å². The molecule has 10 atom stereocenters. The number of aliphatic hydroxyl groups is 8. The maximum absolute atomic E-state index is 12.4. The molecule has 0 spiro atoms. The minimum atomic E-state index is -1.10. The van der Waals surface area contributed by atoms with Crippen LogP contribution in [0.15, 0.2) is 72.9 Å². The Balaban J connectivity index is 2.93. The Kier molecular flexibility index (Phi) is 20.8. The van der Waals surface area contributed by atoms with Crippen molar-refractivity contribution < 1.29 is 50.4 Å². The van der Waals surface area contributed by atoms with Crippen LogP contribution in [-0.4, -0.2) is 102 Å². The number of rotatable bonds is 1. The van der Waals surface area contributed by atoms with Gasteiger partial charge in [0.1, 0.15) is 6.10 Å². The fourth-order valence-electron chi connectivity index (χ4n) is 5.19. The van der Waals surface area contributed by atoms with Gasteiger partial charge in [-0.15, -0.1) is 0 Å². The summed E-state index contributed by atoms with van der Waals surface area (Å²) in [4.78, 5) is 12.4. The molecule has 45 heavy (non-hydrogen) atoms. The number of aliphatic hydroxyl groups excluding tert-OH is 8. The Morgan fingerprint density at radius 2 is 0.978 bits per heavy atom. The first kappa shape index (κ1) is 40.6. The summed E-state index contributed by atoms with van der Waals surface area (Å²) in [5.41, 5.74) is 0. The molecular weight excluding hydrogens is 580 g/mol. The summed E-state index contributed by atoms with van der Waals surface area (Å²) in [6, 6.07) is 0. The molecule has 0 aromatic carbocycles. The Labute approximate surface area is 268 Å².